The van der Waals surface area contributed by atoms with Crippen molar-refractivity contribution >= 4 is 28.5 Å². The first-order valence-corrected chi connectivity index (χ1v) is 8.32. The van der Waals surface area contributed by atoms with Crippen LogP contribution < -0.4 is 9.80 Å². The highest BCUT2D eigenvalue weighted by atomic mass is 32.1. The molecule has 0 aromatic carbocycles. The largest absolute Gasteiger partial charge is 0.476 e. The van der Waals surface area contributed by atoms with Crippen LogP contribution in [0.15, 0.2) is 12.4 Å². The van der Waals surface area contributed by atoms with Crippen molar-refractivity contribution in [2.75, 3.05) is 36.0 Å². The highest BCUT2D eigenvalue weighted by Gasteiger charge is 2.19. The zero-order chi connectivity index (χ0) is 16.2. The van der Waals surface area contributed by atoms with Gasteiger partial charge in [0.1, 0.15) is 11.6 Å². The zero-order valence-corrected chi connectivity index (χ0v) is 13.7. The van der Waals surface area contributed by atoms with Crippen LogP contribution in [-0.2, 0) is 6.42 Å². The quantitative estimate of drug-likeness (QED) is 0.894. The SMILES string of the molecule is CCc1nsc(N2CCCN(c3cnc(C(=O)O)cn3)CC2)n1. The van der Waals surface area contributed by atoms with Gasteiger partial charge in [-0.1, -0.05) is 6.92 Å². The Hall–Kier alpha value is -2.29. The van der Waals surface area contributed by atoms with E-state index in [1.165, 1.54) is 23.9 Å². The number of hydrogen-bond acceptors (Lipinski definition) is 8. The summed E-state index contributed by atoms with van der Waals surface area (Å²) in [5.41, 5.74) is -0.0360. The second-order valence-electron chi connectivity index (χ2n) is 5.24. The molecule has 0 spiro atoms. The Kier molecular flexibility index (Phi) is 4.65. The number of aryl methyl sites for hydroxylation is 1. The molecule has 1 fully saturated rings. The summed E-state index contributed by atoms with van der Waals surface area (Å²) in [7, 11) is 0. The fourth-order valence-corrected chi connectivity index (χ4v) is 3.25. The Morgan fingerprint density at radius 3 is 2.65 bits per heavy atom. The number of nitrogens with zero attached hydrogens (tertiary/aromatic N) is 6. The molecule has 0 bridgehead atoms. The molecule has 1 saturated heterocycles. The fraction of sp³-hybridized carbons (Fsp3) is 0.500. The van der Waals surface area contributed by atoms with Gasteiger partial charge in [0, 0.05) is 44.1 Å². The monoisotopic (exact) mass is 334 g/mol. The summed E-state index contributed by atoms with van der Waals surface area (Å²) in [6.45, 7) is 5.46. The fourth-order valence-electron chi connectivity index (χ4n) is 2.45. The van der Waals surface area contributed by atoms with Crippen LogP contribution in [0.5, 0.6) is 0 Å². The third-order valence-corrected chi connectivity index (χ3v) is 4.54. The van der Waals surface area contributed by atoms with Crippen LogP contribution >= 0.6 is 11.5 Å². The van der Waals surface area contributed by atoms with E-state index < -0.39 is 5.97 Å². The molecule has 1 N–H and O–H groups in total. The molecule has 0 aliphatic carbocycles. The van der Waals surface area contributed by atoms with E-state index in [0.717, 1.165) is 50.0 Å². The smallest absolute Gasteiger partial charge is 0.356 e. The van der Waals surface area contributed by atoms with Gasteiger partial charge in [-0.3, -0.25) is 0 Å². The molecule has 0 saturated carbocycles. The van der Waals surface area contributed by atoms with Crippen LogP contribution in [0.4, 0.5) is 10.9 Å². The zero-order valence-electron chi connectivity index (χ0n) is 12.8. The minimum atomic E-state index is -1.06. The van der Waals surface area contributed by atoms with Crippen molar-refractivity contribution in [3.05, 3.63) is 23.9 Å². The predicted octanol–water partition coefficient (Wildman–Crippen LogP) is 1.31. The van der Waals surface area contributed by atoms with E-state index in [4.69, 9.17) is 5.11 Å². The van der Waals surface area contributed by atoms with Gasteiger partial charge >= 0.3 is 5.97 Å². The summed E-state index contributed by atoms with van der Waals surface area (Å²) in [4.78, 5) is 27.9. The second-order valence-corrected chi connectivity index (χ2v) is 5.97. The highest BCUT2D eigenvalue weighted by molar-refractivity contribution is 7.09. The van der Waals surface area contributed by atoms with Crippen LogP contribution in [0.1, 0.15) is 29.7 Å². The van der Waals surface area contributed by atoms with Gasteiger partial charge in [-0.05, 0) is 6.42 Å². The maximum atomic E-state index is 10.8. The third-order valence-electron chi connectivity index (χ3n) is 3.72. The summed E-state index contributed by atoms with van der Waals surface area (Å²) in [5.74, 6) is 0.540. The van der Waals surface area contributed by atoms with Crippen LogP contribution in [0, 0.1) is 0 Å². The molecule has 23 heavy (non-hydrogen) atoms. The molecule has 2 aromatic heterocycles. The average molecular weight is 334 g/mol. The van der Waals surface area contributed by atoms with Gasteiger partial charge in [0.05, 0.1) is 12.4 Å². The van der Waals surface area contributed by atoms with Crippen molar-refractivity contribution in [1.82, 2.24) is 19.3 Å². The lowest BCUT2D eigenvalue weighted by Gasteiger charge is -2.21. The summed E-state index contributed by atoms with van der Waals surface area (Å²) in [6.07, 6.45) is 4.66. The van der Waals surface area contributed by atoms with Crippen LogP contribution in [-0.4, -0.2) is 56.6 Å². The predicted molar refractivity (Wildman–Crippen MR) is 87.3 cm³/mol. The van der Waals surface area contributed by atoms with Crippen molar-refractivity contribution < 1.29 is 9.90 Å². The number of aromatic carboxylic acids is 1. The number of carbonyl (C=O) groups is 1. The summed E-state index contributed by atoms with van der Waals surface area (Å²) in [5, 5.41) is 9.85. The molecule has 8 nitrogen and oxygen atoms in total. The van der Waals surface area contributed by atoms with Crippen molar-refractivity contribution in [3.63, 3.8) is 0 Å². The molecule has 3 rings (SSSR count). The summed E-state index contributed by atoms with van der Waals surface area (Å²) >= 11 is 1.45. The maximum Gasteiger partial charge on any atom is 0.356 e. The Morgan fingerprint density at radius 1 is 1.22 bits per heavy atom. The van der Waals surface area contributed by atoms with E-state index in [2.05, 4.69) is 36.0 Å². The first-order chi connectivity index (χ1) is 11.2. The molecule has 0 amide bonds. The molecule has 9 heteroatoms. The molecular formula is C14H18N6O2S. The topological polar surface area (TPSA) is 95.3 Å². The van der Waals surface area contributed by atoms with Gasteiger partial charge in [-0.25, -0.2) is 19.7 Å². The van der Waals surface area contributed by atoms with Crippen LogP contribution in [0.25, 0.3) is 0 Å². The maximum absolute atomic E-state index is 10.8. The Morgan fingerprint density at radius 2 is 2.00 bits per heavy atom. The van der Waals surface area contributed by atoms with Crippen LogP contribution in [0.2, 0.25) is 0 Å². The summed E-state index contributed by atoms with van der Waals surface area (Å²) in [6, 6.07) is 0. The van der Waals surface area contributed by atoms with E-state index >= 15 is 0 Å². The molecule has 122 valence electrons. The Bertz CT molecular complexity index is 674. The molecule has 2 aromatic rings. The van der Waals surface area contributed by atoms with Gasteiger partial charge in [0.2, 0.25) is 5.13 Å². The second kappa shape index (κ2) is 6.86. The third kappa shape index (κ3) is 3.55. The molecule has 1 aliphatic rings. The lowest BCUT2D eigenvalue weighted by Crippen LogP contribution is -2.31. The first-order valence-electron chi connectivity index (χ1n) is 7.55. The molecule has 1 aliphatic heterocycles. The van der Waals surface area contributed by atoms with E-state index in [1.807, 2.05) is 0 Å². The molecular weight excluding hydrogens is 316 g/mol. The number of rotatable bonds is 4. The Labute approximate surface area is 138 Å². The molecule has 0 atom stereocenters. The van der Waals surface area contributed by atoms with Gasteiger partial charge in [0.25, 0.3) is 0 Å². The van der Waals surface area contributed by atoms with Crippen molar-refractivity contribution in [3.8, 4) is 0 Å². The molecule has 3 heterocycles. The summed E-state index contributed by atoms with van der Waals surface area (Å²) < 4.78 is 4.34. The lowest BCUT2D eigenvalue weighted by molar-refractivity contribution is 0.0690. The number of aromatic nitrogens is 4. The molecule has 0 unspecified atom stereocenters. The van der Waals surface area contributed by atoms with E-state index in [0.29, 0.717) is 5.82 Å². The van der Waals surface area contributed by atoms with E-state index in [-0.39, 0.29) is 5.69 Å². The first kappa shape index (κ1) is 15.6. The lowest BCUT2D eigenvalue weighted by atomic mass is 10.4. The minimum Gasteiger partial charge on any atom is -0.476 e. The number of hydrogen-bond donors (Lipinski definition) is 1. The molecule has 0 radical (unpaired) electrons. The van der Waals surface area contributed by atoms with Crippen molar-refractivity contribution in [1.29, 1.82) is 0 Å². The number of carboxylic acid groups (broad SMARTS) is 1. The number of anilines is 2. The van der Waals surface area contributed by atoms with E-state index in [9.17, 15) is 4.79 Å². The Balaban J connectivity index is 1.67. The average Bonchev–Trinajstić information content (AvgIpc) is 2.92. The van der Waals surface area contributed by atoms with Crippen molar-refractivity contribution in [2.45, 2.75) is 19.8 Å². The van der Waals surface area contributed by atoms with Crippen LogP contribution in [0.3, 0.4) is 0 Å². The normalized spacial score (nSPS) is 15.5. The number of carboxylic acids is 1. The van der Waals surface area contributed by atoms with Gasteiger partial charge in [-0.2, -0.15) is 4.37 Å². The van der Waals surface area contributed by atoms with Gasteiger partial charge in [0.15, 0.2) is 5.69 Å². The van der Waals surface area contributed by atoms with Gasteiger partial charge in [-0.15, -0.1) is 0 Å². The van der Waals surface area contributed by atoms with Crippen molar-refractivity contribution in [2.24, 2.45) is 0 Å². The van der Waals surface area contributed by atoms with E-state index in [1.54, 1.807) is 0 Å². The van der Waals surface area contributed by atoms with Gasteiger partial charge < -0.3 is 14.9 Å². The highest BCUT2D eigenvalue weighted by Crippen LogP contribution is 2.20. The minimum absolute atomic E-state index is 0.0360. The standard InChI is InChI=1S/C14H18N6O2S/c1-2-11-17-14(23-18-11)20-5-3-4-19(6-7-20)12-9-15-10(8-16-12)13(21)22/h8-9H,2-7H2,1H3,(H,21,22).